The molecule has 4 aromatic rings. The Kier molecular flexibility index (Phi) is 6.12. The maximum Gasteiger partial charge on any atom is 0.321 e. The second kappa shape index (κ2) is 9.51. The number of carbonyl (C=O) groups is 1. The first-order chi connectivity index (χ1) is 16.6. The molecule has 2 heterocycles. The van der Waals surface area contributed by atoms with Crippen LogP contribution in [0.1, 0.15) is 25.3 Å². The van der Waals surface area contributed by atoms with Crippen LogP contribution >= 0.6 is 0 Å². The quantitative estimate of drug-likeness (QED) is 0.428. The summed E-state index contributed by atoms with van der Waals surface area (Å²) in [5.41, 5.74) is 4.01. The molecular weight excluding hydrogens is 422 g/mol. The number of nitrogens with one attached hydrogen (secondary N) is 1. The molecule has 34 heavy (non-hydrogen) atoms. The van der Waals surface area contributed by atoms with Crippen molar-refractivity contribution < 1.29 is 4.79 Å². The van der Waals surface area contributed by atoms with E-state index in [1.165, 1.54) is 5.56 Å². The van der Waals surface area contributed by atoms with E-state index in [1.54, 1.807) is 0 Å². The molecule has 0 saturated carbocycles. The van der Waals surface area contributed by atoms with E-state index in [1.807, 2.05) is 65.6 Å². The minimum Gasteiger partial charge on any atom is -0.352 e. The van der Waals surface area contributed by atoms with Crippen molar-refractivity contribution in [2.75, 3.05) is 36.4 Å². The number of anilines is 2. The Morgan fingerprint density at radius 3 is 2.21 bits per heavy atom. The zero-order valence-electron chi connectivity index (χ0n) is 19.6. The summed E-state index contributed by atoms with van der Waals surface area (Å²) < 4.78 is 0. The van der Waals surface area contributed by atoms with Crippen LogP contribution in [-0.4, -0.2) is 47.1 Å². The zero-order chi connectivity index (χ0) is 23.5. The van der Waals surface area contributed by atoms with Crippen LogP contribution in [-0.2, 0) is 0 Å². The molecule has 0 radical (unpaired) electrons. The van der Waals surface area contributed by atoms with Crippen molar-refractivity contribution >= 4 is 28.4 Å². The second-order valence-corrected chi connectivity index (χ2v) is 8.93. The number of carbonyl (C=O) groups excluding carboxylic acids is 1. The van der Waals surface area contributed by atoms with Gasteiger partial charge in [-0.2, -0.15) is 0 Å². The van der Waals surface area contributed by atoms with E-state index in [2.05, 4.69) is 42.3 Å². The van der Waals surface area contributed by atoms with Gasteiger partial charge in [0, 0.05) is 42.8 Å². The number of nitrogens with zero attached hydrogens (tertiary/aromatic N) is 4. The van der Waals surface area contributed by atoms with Crippen molar-refractivity contribution in [2.24, 2.45) is 0 Å². The van der Waals surface area contributed by atoms with Gasteiger partial charge in [-0.3, -0.25) is 0 Å². The SMILES string of the molecule is CC(C)c1ccc(NC(=O)N2CCN(c3nc(-c4ccccc4)nc4ccccc34)CC2)cc1. The number of para-hydroxylation sites is 1. The van der Waals surface area contributed by atoms with Crippen molar-refractivity contribution in [3.05, 3.63) is 84.4 Å². The molecule has 5 rings (SSSR count). The normalized spacial score (nSPS) is 14.0. The summed E-state index contributed by atoms with van der Waals surface area (Å²) in [7, 11) is 0. The monoisotopic (exact) mass is 451 g/mol. The molecule has 0 bridgehead atoms. The van der Waals surface area contributed by atoms with Gasteiger partial charge in [0.1, 0.15) is 5.82 Å². The van der Waals surface area contributed by atoms with Gasteiger partial charge in [0.25, 0.3) is 0 Å². The van der Waals surface area contributed by atoms with Gasteiger partial charge in [0.2, 0.25) is 0 Å². The van der Waals surface area contributed by atoms with Crippen LogP contribution in [0, 0.1) is 0 Å². The molecule has 1 saturated heterocycles. The smallest absolute Gasteiger partial charge is 0.321 e. The lowest BCUT2D eigenvalue weighted by atomic mass is 10.0. The first kappa shape index (κ1) is 21.9. The maximum atomic E-state index is 12.9. The number of rotatable bonds is 4. The Balaban J connectivity index is 1.31. The highest BCUT2D eigenvalue weighted by Gasteiger charge is 2.24. The first-order valence-corrected chi connectivity index (χ1v) is 11.8. The molecule has 0 aliphatic carbocycles. The van der Waals surface area contributed by atoms with Gasteiger partial charge in [-0.25, -0.2) is 14.8 Å². The van der Waals surface area contributed by atoms with Crippen LogP contribution in [0.15, 0.2) is 78.9 Å². The van der Waals surface area contributed by atoms with Crippen molar-refractivity contribution in [1.29, 1.82) is 0 Å². The van der Waals surface area contributed by atoms with Crippen LogP contribution in [0.2, 0.25) is 0 Å². The third-order valence-electron chi connectivity index (χ3n) is 6.31. The molecule has 1 N–H and O–H groups in total. The second-order valence-electron chi connectivity index (χ2n) is 8.93. The Morgan fingerprint density at radius 2 is 1.50 bits per heavy atom. The largest absolute Gasteiger partial charge is 0.352 e. The Bertz CT molecular complexity index is 1280. The molecule has 6 heteroatoms. The molecule has 1 aromatic heterocycles. The summed E-state index contributed by atoms with van der Waals surface area (Å²) in [6, 6.07) is 26.2. The lowest BCUT2D eigenvalue weighted by molar-refractivity contribution is 0.208. The van der Waals surface area contributed by atoms with Gasteiger partial charge in [0.15, 0.2) is 5.82 Å². The molecule has 172 valence electrons. The van der Waals surface area contributed by atoms with Crippen LogP contribution in [0.25, 0.3) is 22.3 Å². The number of fused-ring (bicyclic) bond motifs is 1. The van der Waals surface area contributed by atoms with Crippen LogP contribution in [0.3, 0.4) is 0 Å². The van der Waals surface area contributed by atoms with E-state index in [-0.39, 0.29) is 6.03 Å². The number of urea groups is 1. The third kappa shape index (κ3) is 4.57. The van der Waals surface area contributed by atoms with Crippen molar-refractivity contribution in [3.8, 4) is 11.4 Å². The summed E-state index contributed by atoms with van der Waals surface area (Å²) in [5, 5.41) is 4.07. The molecule has 1 fully saturated rings. The number of amides is 2. The molecule has 6 nitrogen and oxygen atoms in total. The number of piperazine rings is 1. The van der Waals surface area contributed by atoms with E-state index in [4.69, 9.17) is 9.97 Å². The first-order valence-electron chi connectivity index (χ1n) is 11.8. The average molecular weight is 452 g/mol. The lowest BCUT2D eigenvalue weighted by Crippen LogP contribution is -2.50. The molecule has 0 atom stereocenters. The van der Waals surface area contributed by atoms with Gasteiger partial charge in [-0.15, -0.1) is 0 Å². The van der Waals surface area contributed by atoms with Gasteiger partial charge < -0.3 is 15.1 Å². The molecule has 1 aliphatic heterocycles. The van der Waals surface area contributed by atoms with E-state index >= 15 is 0 Å². The highest BCUT2D eigenvalue weighted by atomic mass is 16.2. The van der Waals surface area contributed by atoms with Gasteiger partial charge >= 0.3 is 6.03 Å². The summed E-state index contributed by atoms with van der Waals surface area (Å²) in [5.74, 6) is 2.12. The van der Waals surface area contributed by atoms with Crippen LogP contribution in [0.4, 0.5) is 16.3 Å². The van der Waals surface area contributed by atoms with Crippen LogP contribution < -0.4 is 10.2 Å². The topological polar surface area (TPSA) is 61.4 Å². The summed E-state index contributed by atoms with van der Waals surface area (Å²) in [6.45, 7) is 7.03. The molecule has 1 aliphatic rings. The predicted molar refractivity (Wildman–Crippen MR) is 138 cm³/mol. The molecule has 2 amide bonds. The van der Waals surface area contributed by atoms with Crippen LogP contribution in [0.5, 0.6) is 0 Å². The summed E-state index contributed by atoms with van der Waals surface area (Å²) in [6.07, 6.45) is 0. The zero-order valence-corrected chi connectivity index (χ0v) is 19.6. The summed E-state index contributed by atoms with van der Waals surface area (Å²) in [4.78, 5) is 26.7. The average Bonchev–Trinajstić information content (AvgIpc) is 2.89. The predicted octanol–water partition coefficient (Wildman–Crippen LogP) is 5.77. The Morgan fingerprint density at radius 1 is 0.824 bits per heavy atom. The molecule has 0 spiro atoms. The number of aromatic nitrogens is 2. The number of benzene rings is 3. The fourth-order valence-electron chi connectivity index (χ4n) is 4.29. The highest BCUT2D eigenvalue weighted by Crippen LogP contribution is 2.28. The van der Waals surface area contributed by atoms with Gasteiger partial charge in [0.05, 0.1) is 5.52 Å². The number of hydrogen-bond acceptors (Lipinski definition) is 4. The molecule has 0 unspecified atom stereocenters. The fraction of sp³-hybridized carbons (Fsp3) is 0.250. The van der Waals surface area contributed by atoms with Crippen molar-refractivity contribution in [3.63, 3.8) is 0 Å². The maximum absolute atomic E-state index is 12.9. The Labute approximate surface area is 200 Å². The molecular formula is C28H29N5O. The fourth-order valence-corrected chi connectivity index (χ4v) is 4.29. The van der Waals surface area contributed by atoms with Crippen molar-refractivity contribution in [1.82, 2.24) is 14.9 Å². The van der Waals surface area contributed by atoms with Crippen molar-refractivity contribution in [2.45, 2.75) is 19.8 Å². The highest BCUT2D eigenvalue weighted by molar-refractivity contribution is 5.92. The molecule has 3 aromatic carbocycles. The van der Waals surface area contributed by atoms with E-state index < -0.39 is 0 Å². The van der Waals surface area contributed by atoms with E-state index in [9.17, 15) is 4.79 Å². The minimum absolute atomic E-state index is 0.0607. The lowest BCUT2D eigenvalue weighted by Gasteiger charge is -2.36. The summed E-state index contributed by atoms with van der Waals surface area (Å²) >= 11 is 0. The number of hydrogen-bond donors (Lipinski definition) is 1. The Hall–Kier alpha value is -3.93. The van der Waals surface area contributed by atoms with E-state index in [0.29, 0.717) is 19.0 Å². The van der Waals surface area contributed by atoms with Gasteiger partial charge in [-0.1, -0.05) is 68.4 Å². The van der Waals surface area contributed by atoms with Gasteiger partial charge in [-0.05, 0) is 35.7 Å². The third-order valence-corrected chi connectivity index (χ3v) is 6.31. The minimum atomic E-state index is -0.0607. The van der Waals surface area contributed by atoms with E-state index in [0.717, 1.165) is 46.9 Å². The standard InChI is InChI=1S/C28H29N5O/c1-20(2)21-12-14-23(15-13-21)29-28(34)33-18-16-32(17-19-33)27-24-10-6-7-11-25(24)30-26(31-27)22-8-4-3-5-9-22/h3-15,20H,16-19H2,1-2H3,(H,29,34).